The zero-order valence-electron chi connectivity index (χ0n) is 14.2. The van der Waals surface area contributed by atoms with Gasteiger partial charge < -0.3 is 10.5 Å². The maximum absolute atomic E-state index is 5.98. The summed E-state index contributed by atoms with van der Waals surface area (Å²) in [5.41, 5.74) is 9.04. The number of terminal acetylenes is 1. The number of hydrogen-bond acceptors (Lipinski definition) is 4. The lowest BCUT2D eigenvalue weighted by molar-refractivity contribution is 0.0926. The van der Waals surface area contributed by atoms with Crippen LogP contribution in [0, 0.1) is 18.3 Å². The maximum Gasteiger partial charge on any atom is 0.124 e. The third-order valence-corrected chi connectivity index (χ3v) is 4.33. The topological polar surface area (TPSA) is 76.9 Å². The molecular weight excluding hydrogens is 312 g/mol. The molecule has 2 aromatic carbocycles. The molecule has 1 aliphatic carbocycles. The largest absolute Gasteiger partial charge is 0.490 e. The highest BCUT2D eigenvalue weighted by Gasteiger charge is 2.33. The number of nitrogens with two attached hydrogens (primary N) is 2. The van der Waals surface area contributed by atoms with Gasteiger partial charge in [-0.05, 0) is 48.2 Å². The average Bonchev–Trinajstić information content (AvgIpc) is 2.57. The Balaban J connectivity index is 1.56. The van der Waals surface area contributed by atoms with Gasteiger partial charge in [0.2, 0.25) is 0 Å². The van der Waals surface area contributed by atoms with E-state index < -0.39 is 0 Å². The van der Waals surface area contributed by atoms with Crippen molar-refractivity contribution in [1.29, 1.82) is 0 Å². The van der Waals surface area contributed by atoms with Crippen molar-refractivity contribution in [2.24, 2.45) is 22.6 Å². The first-order valence-corrected chi connectivity index (χ1v) is 8.21. The Morgan fingerprint density at radius 1 is 1.12 bits per heavy atom. The van der Waals surface area contributed by atoms with Gasteiger partial charge in [0.05, 0.1) is 0 Å². The van der Waals surface area contributed by atoms with Crippen LogP contribution in [0.4, 0.5) is 0 Å². The van der Waals surface area contributed by atoms with E-state index in [1.807, 2.05) is 36.4 Å². The van der Waals surface area contributed by atoms with Gasteiger partial charge in [-0.3, -0.25) is 0 Å². The molecule has 1 fully saturated rings. The van der Waals surface area contributed by atoms with E-state index in [1.54, 1.807) is 7.05 Å². The van der Waals surface area contributed by atoms with Gasteiger partial charge in [0.1, 0.15) is 17.7 Å². The van der Waals surface area contributed by atoms with Gasteiger partial charge in [-0.25, -0.2) is 11.0 Å². The molecule has 25 heavy (non-hydrogen) atoms. The van der Waals surface area contributed by atoms with E-state index in [-0.39, 0.29) is 12.0 Å². The van der Waals surface area contributed by atoms with Crippen molar-refractivity contribution >= 4 is 5.84 Å². The zero-order chi connectivity index (χ0) is 17.8. The summed E-state index contributed by atoms with van der Waals surface area (Å²) in [5.74, 6) is 9.76. The SMILES string of the molecule is C#Cc1ccc(-c2ccc(OC3CC(/C(N)=N/N(C)N)C3)cc2)cc1. The van der Waals surface area contributed by atoms with Crippen molar-refractivity contribution in [1.82, 2.24) is 5.12 Å². The predicted octanol–water partition coefficient (Wildman–Crippen LogP) is 2.57. The van der Waals surface area contributed by atoms with Crippen LogP contribution >= 0.6 is 0 Å². The molecule has 1 aliphatic rings. The molecule has 4 N–H and O–H groups in total. The molecule has 1 saturated carbocycles. The van der Waals surface area contributed by atoms with Gasteiger partial charge in [0.25, 0.3) is 0 Å². The second-order valence-electron chi connectivity index (χ2n) is 6.25. The van der Waals surface area contributed by atoms with Crippen LogP contribution in [0.3, 0.4) is 0 Å². The van der Waals surface area contributed by atoms with Crippen molar-refractivity contribution in [3.05, 3.63) is 54.1 Å². The second kappa shape index (κ2) is 7.29. The minimum absolute atomic E-state index is 0.169. The van der Waals surface area contributed by atoms with E-state index >= 15 is 0 Å². The number of benzene rings is 2. The van der Waals surface area contributed by atoms with Crippen LogP contribution in [0.15, 0.2) is 53.6 Å². The molecule has 0 radical (unpaired) electrons. The minimum Gasteiger partial charge on any atom is -0.490 e. The van der Waals surface area contributed by atoms with Gasteiger partial charge in [-0.2, -0.15) is 0 Å². The van der Waals surface area contributed by atoms with Gasteiger partial charge in [-0.1, -0.05) is 30.2 Å². The Kier molecular flexibility index (Phi) is 4.92. The summed E-state index contributed by atoms with van der Waals surface area (Å²) < 4.78 is 5.98. The van der Waals surface area contributed by atoms with Crippen LogP contribution in [-0.2, 0) is 0 Å². The van der Waals surface area contributed by atoms with Crippen molar-refractivity contribution in [3.8, 4) is 29.2 Å². The summed E-state index contributed by atoms with van der Waals surface area (Å²) >= 11 is 0. The predicted molar refractivity (Wildman–Crippen MR) is 101 cm³/mol. The molecule has 128 valence electrons. The Morgan fingerprint density at radius 3 is 2.20 bits per heavy atom. The Labute approximate surface area is 148 Å². The van der Waals surface area contributed by atoms with E-state index in [4.69, 9.17) is 22.7 Å². The molecular formula is C20H22N4O. The summed E-state index contributed by atoms with van der Waals surface area (Å²) in [6.45, 7) is 0. The highest BCUT2D eigenvalue weighted by Crippen LogP contribution is 2.32. The number of amidine groups is 1. The fraction of sp³-hybridized carbons (Fsp3) is 0.250. The molecule has 5 nitrogen and oxygen atoms in total. The molecule has 0 aromatic heterocycles. The molecule has 0 aliphatic heterocycles. The Hall–Kier alpha value is -2.97. The molecule has 0 saturated heterocycles. The fourth-order valence-electron chi connectivity index (χ4n) is 2.84. The van der Waals surface area contributed by atoms with Crippen LogP contribution in [0.1, 0.15) is 18.4 Å². The quantitative estimate of drug-likeness (QED) is 0.290. The standard InChI is InChI=1S/C20H22N4O/c1-3-14-4-6-15(7-5-14)16-8-10-18(11-9-16)25-19-12-17(13-19)20(21)23-24(2)22/h1,4-11,17,19H,12-13,22H2,2H3,(H2,21,23). The molecule has 2 aromatic rings. The van der Waals surface area contributed by atoms with Crippen molar-refractivity contribution < 1.29 is 4.74 Å². The number of rotatable bonds is 5. The molecule has 0 bridgehead atoms. The molecule has 0 amide bonds. The fourth-order valence-corrected chi connectivity index (χ4v) is 2.84. The van der Waals surface area contributed by atoms with Gasteiger partial charge in [-0.15, -0.1) is 11.5 Å². The lowest BCUT2D eigenvalue weighted by Crippen LogP contribution is -2.42. The van der Waals surface area contributed by atoms with E-state index in [0.717, 1.165) is 35.3 Å². The highest BCUT2D eigenvalue weighted by molar-refractivity contribution is 5.83. The van der Waals surface area contributed by atoms with Gasteiger partial charge in [0, 0.05) is 18.5 Å². The molecule has 0 heterocycles. The van der Waals surface area contributed by atoms with Crippen LogP contribution in [0.2, 0.25) is 0 Å². The van der Waals surface area contributed by atoms with Crippen LogP contribution in [0.5, 0.6) is 5.75 Å². The number of nitrogens with zero attached hydrogens (tertiary/aromatic N) is 2. The van der Waals surface area contributed by atoms with Crippen molar-refractivity contribution in [2.45, 2.75) is 18.9 Å². The molecule has 3 rings (SSSR count). The number of ether oxygens (including phenoxy) is 1. The van der Waals surface area contributed by atoms with Gasteiger partial charge in [0.15, 0.2) is 0 Å². The third kappa shape index (κ3) is 4.11. The molecule has 0 spiro atoms. The lowest BCUT2D eigenvalue weighted by atomic mass is 9.81. The molecule has 0 unspecified atom stereocenters. The minimum atomic E-state index is 0.169. The van der Waals surface area contributed by atoms with Crippen LogP contribution in [-0.4, -0.2) is 24.1 Å². The normalized spacial score (nSPS) is 19.6. The Bertz CT molecular complexity index is 782. The molecule has 0 atom stereocenters. The summed E-state index contributed by atoms with van der Waals surface area (Å²) in [4.78, 5) is 0. The monoisotopic (exact) mass is 334 g/mol. The van der Waals surface area contributed by atoms with E-state index in [1.165, 1.54) is 5.12 Å². The first-order valence-electron chi connectivity index (χ1n) is 8.21. The number of hydrazone groups is 1. The van der Waals surface area contributed by atoms with Crippen molar-refractivity contribution in [3.63, 3.8) is 0 Å². The van der Waals surface area contributed by atoms with E-state index in [9.17, 15) is 0 Å². The first kappa shape index (κ1) is 16.9. The second-order valence-corrected chi connectivity index (χ2v) is 6.25. The van der Waals surface area contributed by atoms with E-state index in [0.29, 0.717) is 5.84 Å². The first-order chi connectivity index (χ1) is 12.0. The van der Waals surface area contributed by atoms with Crippen molar-refractivity contribution in [2.75, 3.05) is 7.05 Å². The smallest absolute Gasteiger partial charge is 0.124 e. The average molecular weight is 334 g/mol. The lowest BCUT2D eigenvalue weighted by Gasteiger charge is -2.35. The zero-order valence-corrected chi connectivity index (χ0v) is 14.2. The summed E-state index contributed by atoms with van der Waals surface area (Å²) in [5, 5.41) is 5.27. The maximum atomic E-state index is 5.98. The number of hydrogen-bond donors (Lipinski definition) is 2. The Morgan fingerprint density at radius 2 is 1.68 bits per heavy atom. The van der Waals surface area contributed by atoms with Crippen LogP contribution in [0.25, 0.3) is 11.1 Å². The summed E-state index contributed by atoms with van der Waals surface area (Å²) in [6, 6.07) is 16.0. The van der Waals surface area contributed by atoms with Gasteiger partial charge >= 0.3 is 0 Å². The summed E-state index contributed by atoms with van der Waals surface area (Å²) in [6.07, 6.45) is 7.27. The molecule has 5 heteroatoms. The highest BCUT2D eigenvalue weighted by atomic mass is 16.5. The third-order valence-electron chi connectivity index (χ3n) is 4.33. The van der Waals surface area contributed by atoms with Crippen LogP contribution < -0.4 is 16.3 Å². The number of hydrazine groups is 1. The summed E-state index contributed by atoms with van der Waals surface area (Å²) in [7, 11) is 1.65. The van der Waals surface area contributed by atoms with E-state index in [2.05, 4.69) is 23.2 Å².